The molecule has 34 heavy (non-hydrogen) atoms. The number of hydrogen-bond acceptors (Lipinski definition) is 7. The summed E-state index contributed by atoms with van der Waals surface area (Å²) < 4.78 is 5.15. The number of esters is 1. The fourth-order valence-electron chi connectivity index (χ4n) is 3.18. The first-order valence-electron chi connectivity index (χ1n) is 10.7. The first-order valence-corrected chi connectivity index (χ1v) is 11.5. The van der Waals surface area contributed by atoms with Gasteiger partial charge in [-0.25, -0.2) is 9.97 Å². The third-order valence-electron chi connectivity index (χ3n) is 4.85. The standard InChI is InChI=1S/C25H26Cl2N4O3/c1-3-34-24(33)21(31-23(32)22-19(26)7-5-8-20(22)27)9-4-6-17-10-12-18(13-11-17)30-25-28-15-14-16(2)29-25/h4-8,10-15,21,23,31-32H,3,9H2,1-2H3,(H,28,29,30)/b6-4+. The molecule has 2 atom stereocenters. The van der Waals surface area contributed by atoms with Crippen LogP contribution in [0.2, 0.25) is 10.0 Å². The monoisotopic (exact) mass is 500 g/mol. The molecule has 0 aliphatic heterocycles. The molecule has 0 amide bonds. The van der Waals surface area contributed by atoms with E-state index < -0.39 is 18.2 Å². The fourth-order valence-corrected chi connectivity index (χ4v) is 3.78. The van der Waals surface area contributed by atoms with E-state index in [0.29, 0.717) is 21.6 Å². The lowest BCUT2D eigenvalue weighted by atomic mass is 10.1. The average molecular weight is 501 g/mol. The summed E-state index contributed by atoms with van der Waals surface area (Å²) in [5, 5.41) is 17.2. The molecule has 0 spiro atoms. The third-order valence-corrected chi connectivity index (χ3v) is 5.51. The number of halogens is 2. The van der Waals surface area contributed by atoms with Gasteiger partial charge >= 0.3 is 5.97 Å². The number of hydrogen-bond donors (Lipinski definition) is 3. The molecule has 0 radical (unpaired) electrons. The predicted molar refractivity (Wildman–Crippen MR) is 135 cm³/mol. The molecule has 2 unspecified atom stereocenters. The molecule has 0 aliphatic rings. The summed E-state index contributed by atoms with van der Waals surface area (Å²) in [6.07, 6.45) is 4.47. The Morgan fingerprint density at radius 1 is 1.15 bits per heavy atom. The molecular weight excluding hydrogens is 475 g/mol. The first-order chi connectivity index (χ1) is 16.4. The molecule has 0 saturated carbocycles. The Kier molecular flexibility index (Phi) is 9.42. The Morgan fingerprint density at radius 2 is 1.85 bits per heavy atom. The normalized spacial score (nSPS) is 13.0. The lowest BCUT2D eigenvalue weighted by Crippen LogP contribution is -2.40. The summed E-state index contributed by atoms with van der Waals surface area (Å²) in [6.45, 7) is 3.85. The molecule has 178 valence electrons. The van der Waals surface area contributed by atoms with Crippen LogP contribution in [0.3, 0.4) is 0 Å². The zero-order valence-electron chi connectivity index (χ0n) is 18.8. The topological polar surface area (TPSA) is 96.4 Å². The number of aromatic nitrogens is 2. The number of rotatable bonds is 10. The minimum atomic E-state index is -1.24. The zero-order valence-corrected chi connectivity index (χ0v) is 20.3. The van der Waals surface area contributed by atoms with E-state index in [1.807, 2.05) is 49.4 Å². The number of carbonyl (C=O) groups is 1. The van der Waals surface area contributed by atoms with Crippen LogP contribution in [0, 0.1) is 6.92 Å². The van der Waals surface area contributed by atoms with E-state index in [2.05, 4.69) is 20.6 Å². The molecule has 0 saturated heterocycles. The Hall–Kier alpha value is -2.97. The number of benzene rings is 2. The van der Waals surface area contributed by atoms with Crippen LogP contribution in [-0.4, -0.2) is 33.7 Å². The van der Waals surface area contributed by atoms with Crippen molar-refractivity contribution in [2.24, 2.45) is 0 Å². The Morgan fingerprint density at radius 3 is 2.50 bits per heavy atom. The van der Waals surface area contributed by atoms with Crippen molar-refractivity contribution in [1.82, 2.24) is 15.3 Å². The number of aliphatic hydroxyl groups excluding tert-OH is 1. The van der Waals surface area contributed by atoms with Gasteiger partial charge in [0.25, 0.3) is 0 Å². The molecule has 7 nitrogen and oxygen atoms in total. The van der Waals surface area contributed by atoms with Crippen molar-refractivity contribution in [2.75, 3.05) is 11.9 Å². The van der Waals surface area contributed by atoms with Gasteiger partial charge in [-0.1, -0.05) is 53.6 Å². The molecule has 1 heterocycles. The minimum absolute atomic E-state index is 0.225. The highest BCUT2D eigenvalue weighted by Crippen LogP contribution is 2.29. The van der Waals surface area contributed by atoms with Gasteiger partial charge in [0.1, 0.15) is 12.3 Å². The van der Waals surface area contributed by atoms with Crippen LogP contribution >= 0.6 is 23.2 Å². The summed E-state index contributed by atoms with van der Waals surface area (Å²) in [5.41, 5.74) is 2.98. The van der Waals surface area contributed by atoms with Crippen molar-refractivity contribution >= 4 is 46.9 Å². The first kappa shape index (κ1) is 25.6. The van der Waals surface area contributed by atoms with E-state index >= 15 is 0 Å². The van der Waals surface area contributed by atoms with Crippen molar-refractivity contribution < 1.29 is 14.6 Å². The number of ether oxygens (including phenoxy) is 1. The molecule has 1 aromatic heterocycles. The minimum Gasteiger partial charge on any atom is -0.465 e. The van der Waals surface area contributed by atoms with Gasteiger partial charge in [-0.05, 0) is 56.2 Å². The molecular formula is C25H26Cl2N4O3. The Balaban J connectivity index is 1.65. The highest BCUT2D eigenvalue weighted by Gasteiger charge is 2.24. The summed E-state index contributed by atoms with van der Waals surface area (Å²) in [7, 11) is 0. The van der Waals surface area contributed by atoms with E-state index in [1.165, 1.54) is 0 Å². The molecule has 3 rings (SSSR count). The van der Waals surface area contributed by atoms with Crippen LogP contribution in [0.25, 0.3) is 6.08 Å². The number of nitrogens with one attached hydrogen (secondary N) is 2. The van der Waals surface area contributed by atoms with Gasteiger partial charge < -0.3 is 15.2 Å². The largest absolute Gasteiger partial charge is 0.465 e. The molecule has 3 aromatic rings. The molecule has 2 aromatic carbocycles. The zero-order chi connectivity index (χ0) is 24.5. The second-order valence-electron chi connectivity index (χ2n) is 7.42. The van der Waals surface area contributed by atoms with Crippen molar-refractivity contribution in [3.8, 4) is 0 Å². The lowest BCUT2D eigenvalue weighted by Gasteiger charge is -2.22. The van der Waals surface area contributed by atoms with Crippen molar-refractivity contribution in [3.63, 3.8) is 0 Å². The van der Waals surface area contributed by atoms with Gasteiger partial charge in [-0.3, -0.25) is 10.1 Å². The maximum absolute atomic E-state index is 12.4. The Labute approximate surface area is 208 Å². The smallest absolute Gasteiger partial charge is 0.323 e. The van der Waals surface area contributed by atoms with Gasteiger partial charge in [-0.15, -0.1) is 0 Å². The summed E-state index contributed by atoms with van der Waals surface area (Å²) in [5.74, 6) is 0.0518. The number of nitrogens with zero attached hydrogens (tertiary/aromatic N) is 2. The summed E-state index contributed by atoms with van der Waals surface area (Å²) in [6, 6.07) is 13.6. The summed E-state index contributed by atoms with van der Waals surface area (Å²) in [4.78, 5) is 21.0. The van der Waals surface area contributed by atoms with Crippen LogP contribution in [0.4, 0.5) is 11.6 Å². The molecule has 0 fully saturated rings. The molecule has 9 heteroatoms. The number of carbonyl (C=O) groups excluding carboxylic acids is 1. The Bertz CT molecular complexity index is 1120. The molecule has 0 bridgehead atoms. The molecule has 0 aliphatic carbocycles. The van der Waals surface area contributed by atoms with Gasteiger partial charge in [0.15, 0.2) is 0 Å². The van der Waals surface area contributed by atoms with Gasteiger partial charge in [0.2, 0.25) is 5.95 Å². The van der Waals surface area contributed by atoms with E-state index in [4.69, 9.17) is 27.9 Å². The van der Waals surface area contributed by atoms with Crippen LogP contribution in [0.1, 0.15) is 36.4 Å². The number of aliphatic hydroxyl groups is 1. The van der Waals surface area contributed by atoms with E-state index in [9.17, 15) is 9.90 Å². The summed E-state index contributed by atoms with van der Waals surface area (Å²) >= 11 is 12.4. The lowest BCUT2D eigenvalue weighted by molar-refractivity contribution is -0.146. The van der Waals surface area contributed by atoms with Crippen molar-refractivity contribution in [2.45, 2.75) is 32.5 Å². The van der Waals surface area contributed by atoms with E-state index in [1.54, 1.807) is 31.3 Å². The fraction of sp³-hybridized carbons (Fsp3) is 0.240. The van der Waals surface area contributed by atoms with Crippen LogP contribution in [-0.2, 0) is 9.53 Å². The van der Waals surface area contributed by atoms with Gasteiger partial charge in [0, 0.05) is 33.2 Å². The van der Waals surface area contributed by atoms with Gasteiger partial charge in [-0.2, -0.15) is 0 Å². The van der Waals surface area contributed by atoms with Gasteiger partial charge in [0.05, 0.1) is 6.61 Å². The second kappa shape index (κ2) is 12.5. The van der Waals surface area contributed by atoms with Crippen LogP contribution in [0.15, 0.2) is 60.8 Å². The van der Waals surface area contributed by atoms with Crippen LogP contribution < -0.4 is 10.6 Å². The average Bonchev–Trinajstić information content (AvgIpc) is 2.79. The third kappa shape index (κ3) is 7.27. The number of anilines is 2. The maximum atomic E-state index is 12.4. The highest BCUT2D eigenvalue weighted by molar-refractivity contribution is 6.36. The second-order valence-corrected chi connectivity index (χ2v) is 8.23. The SMILES string of the molecule is CCOC(=O)C(C/C=C/c1ccc(Nc2nccc(C)n2)cc1)NC(O)c1c(Cl)cccc1Cl. The maximum Gasteiger partial charge on any atom is 0.323 e. The highest BCUT2D eigenvalue weighted by atomic mass is 35.5. The van der Waals surface area contributed by atoms with Crippen LogP contribution in [0.5, 0.6) is 0 Å². The van der Waals surface area contributed by atoms with Crippen molar-refractivity contribution in [3.05, 3.63) is 87.7 Å². The molecule has 3 N–H and O–H groups in total. The van der Waals surface area contributed by atoms with Crippen molar-refractivity contribution in [1.29, 1.82) is 0 Å². The van der Waals surface area contributed by atoms with E-state index in [0.717, 1.165) is 16.9 Å². The number of aryl methyl sites for hydroxylation is 1. The predicted octanol–water partition coefficient (Wildman–Crippen LogP) is 5.45. The quantitative estimate of drug-likeness (QED) is 0.251. The van der Waals surface area contributed by atoms with E-state index in [-0.39, 0.29) is 13.0 Å².